The van der Waals surface area contributed by atoms with Gasteiger partial charge in [0.05, 0.1) is 6.61 Å². The van der Waals surface area contributed by atoms with Gasteiger partial charge in [0.15, 0.2) is 0 Å². The molecule has 0 radical (unpaired) electrons. The number of esters is 1. The van der Waals surface area contributed by atoms with Gasteiger partial charge >= 0.3 is 5.97 Å². The van der Waals surface area contributed by atoms with Gasteiger partial charge in [-0.15, -0.1) is 0 Å². The molecule has 1 aliphatic rings. The zero-order valence-corrected chi connectivity index (χ0v) is 21.8. The summed E-state index contributed by atoms with van der Waals surface area (Å²) >= 11 is 0. The number of benzene rings is 2. The van der Waals surface area contributed by atoms with Crippen LogP contribution in [0.25, 0.3) is 6.08 Å². The molecule has 194 valence electrons. The summed E-state index contributed by atoms with van der Waals surface area (Å²) in [6, 6.07) is 14.2. The minimum absolute atomic E-state index is 0.129. The van der Waals surface area contributed by atoms with Gasteiger partial charge in [-0.05, 0) is 76.6 Å². The fraction of sp³-hybridized carbons (Fsp3) is 0.310. The number of nitrogens with one attached hydrogen (secondary N) is 1. The van der Waals surface area contributed by atoms with Gasteiger partial charge in [0.25, 0.3) is 5.91 Å². The van der Waals surface area contributed by atoms with Gasteiger partial charge in [0, 0.05) is 16.8 Å². The second kappa shape index (κ2) is 14.5. The number of epoxide rings is 1. The molecule has 1 aliphatic heterocycles. The van der Waals surface area contributed by atoms with Crippen LogP contribution in [0.4, 0.5) is 5.69 Å². The van der Waals surface area contributed by atoms with Crippen LogP contribution < -0.4 is 10.1 Å². The van der Waals surface area contributed by atoms with Crippen molar-refractivity contribution < 1.29 is 28.9 Å². The quantitative estimate of drug-likeness (QED) is 0.214. The first-order valence-corrected chi connectivity index (χ1v) is 11.4. The summed E-state index contributed by atoms with van der Waals surface area (Å²) in [5.74, 6) is 0.521. The molecule has 2 aromatic carbocycles. The first-order valence-electron chi connectivity index (χ1n) is 11.4. The van der Waals surface area contributed by atoms with Crippen molar-refractivity contribution in [1.82, 2.24) is 0 Å². The number of carbonyl (C=O) groups is 2. The Labute approximate surface area is 214 Å². The third-order valence-corrected chi connectivity index (χ3v) is 4.20. The molecule has 1 saturated heterocycles. The lowest BCUT2D eigenvalue weighted by Gasteiger charge is -2.21. The predicted octanol–water partition coefficient (Wildman–Crippen LogP) is 5.92. The van der Waals surface area contributed by atoms with E-state index in [0.717, 1.165) is 11.3 Å². The van der Waals surface area contributed by atoms with Crippen molar-refractivity contribution >= 4 is 23.6 Å². The number of hydrogen-bond donors (Lipinski definition) is 2. The minimum atomic E-state index is -0.337. The van der Waals surface area contributed by atoms with Crippen molar-refractivity contribution in [3.63, 3.8) is 0 Å². The molecule has 2 aromatic rings. The molecule has 7 heteroatoms. The Bertz CT molecular complexity index is 1030. The molecule has 1 heterocycles. The van der Waals surface area contributed by atoms with Crippen LogP contribution in [0.15, 0.2) is 79.4 Å². The fourth-order valence-electron chi connectivity index (χ4n) is 2.26. The van der Waals surface area contributed by atoms with Crippen molar-refractivity contribution in [3.8, 4) is 11.5 Å². The maximum absolute atomic E-state index is 11.1. The van der Waals surface area contributed by atoms with Gasteiger partial charge in [-0.1, -0.05) is 37.9 Å². The number of hydrogen-bond acceptors (Lipinski definition) is 6. The molecule has 7 nitrogen and oxygen atoms in total. The summed E-state index contributed by atoms with van der Waals surface area (Å²) < 4.78 is 15.3. The number of phenolic OH excluding ortho intramolecular Hbond substituents is 1. The van der Waals surface area contributed by atoms with Crippen LogP contribution in [0.1, 0.15) is 40.2 Å². The van der Waals surface area contributed by atoms with Crippen molar-refractivity contribution in [2.45, 2.75) is 46.3 Å². The second-order valence-corrected chi connectivity index (χ2v) is 9.10. The van der Waals surface area contributed by atoms with Crippen molar-refractivity contribution in [2.75, 3.05) is 18.5 Å². The molecule has 0 spiro atoms. The molecular formula is C29H37NO6. The van der Waals surface area contributed by atoms with Crippen LogP contribution in [0.5, 0.6) is 11.5 Å². The molecule has 0 saturated carbocycles. The lowest BCUT2D eigenvalue weighted by atomic mass is 10.2. The molecular weight excluding hydrogens is 458 g/mol. The highest BCUT2D eigenvalue weighted by molar-refractivity contribution is 6.02. The molecule has 1 fully saturated rings. The Kier molecular flexibility index (Phi) is 12.2. The maximum Gasteiger partial charge on any atom is 0.333 e. The molecule has 0 bridgehead atoms. The molecule has 1 amide bonds. The Hall–Kier alpha value is -3.84. The molecule has 1 unspecified atom stereocenters. The summed E-state index contributed by atoms with van der Waals surface area (Å²) in [6.45, 7) is 21.1. The fourth-order valence-corrected chi connectivity index (χ4v) is 2.26. The van der Waals surface area contributed by atoms with Crippen LogP contribution in [0.3, 0.4) is 0 Å². The molecule has 3 rings (SSSR count). The van der Waals surface area contributed by atoms with E-state index >= 15 is 0 Å². The van der Waals surface area contributed by atoms with E-state index in [1.165, 1.54) is 12.1 Å². The van der Waals surface area contributed by atoms with Crippen molar-refractivity contribution in [1.29, 1.82) is 0 Å². The molecule has 0 aromatic heterocycles. The largest absolute Gasteiger partial charge is 0.508 e. The van der Waals surface area contributed by atoms with Crippen molar-refractivity contribution in [2.24, 2.45) is 0 Å². The van der Waals surface area contributed by atoms with E-state index in [1.54, 1.807) is 26.0 Å². The van der Waals surface area contributed by atoms with E-state index < -0.39 is 0 Å². The van der Waals surface area contributed by atoms with E-state index in [-0.39, 0.29) is 29.3 Å². The van der Waals surface area contributed by atoms with Gasteiger partial charge in [-0.3, -0.25) is 4.79 Å². The highest BCUT2D eigenvalue weighted by Gasteiger charge is 2.24. The molecule has 1 atom stereocenters. The van der Waals surface area contributed by atoms with Crippen LogP contribution in [0, 0.1) is 0 Å². The number of aromatic hydroxyl groups is 1. The van der Waals surface area contributed by atoms with E-state index in [1.807, 2.05) is 51.1 Å². The van der Waals surface area contributed by atoms with Gasteiger partial charge in [-0.2, -0.15) is 0 Å². The highest BCUT2D eigenvalue weighted by atomic mass is 16.6. The highest BCUT2D eigenvalue weighted by Crippen LogP contribution is 2.18. The number of phenols is 1. The SMILES string of the molecule is C=C(C)C(=O)Nc1ccc(O)cc1.C=C(C)C(=O)OCC1CO1.C=Cc1ccc(OC(C)(C)C)cc1. The topological polar surface area (TPSA) is 97.4 Å². The third-order valence-electron chi connectivity index (χ3n) is 4.20. The molecule has 36 heavy (non-hydrogen) atoms. The third kappa shape index (κ3) is 13.8. The Morgan fingerprint density at radius 2 is 1.61 bits per heavy atom. The summed E-state index contributed by atoms with van der Waals surface area (Å²) in [5.41, 5.74) is 2.51. The average molecular weight is 496 g/mol. The summed E-state index contributed by atoms with van der Waals surface area (Å²) in [4.78, 5) is 21.8. The maximum atomic E-state index is 11.1. The monoisotopic (exact) mass is 495 g/mol. The van der Waals surface area contributed by atoms with Crippen molar-refractivity contribution in [3.05, 3.63) is 85.0 Å². The van der Waals surface area contributed by atoms with Gasteiger partial charge in [-0.25, -0.2) is 4.79 Å². The lowest BCUT2D eigenvalue weighted by molar-refractivity contribution is -0.139. The minimum Gasteiger partial charge on any atom is -0.508 e. The Balaban J connectivity index is 0.000000273. The molecule has 2 N–H and O–H groups in total. The normalized spacial score (nSPS) is 13.4. The average Bonchev–Trinajstić information content (AvgIpc) is 3.64. The number of ether oxygens (including phenoxy) is 3. The smallest absolute Gasteiger partial charge is 0.333 e. The number of amides is 1. The Morgan fingerprint density at radius 1 is 1.06 bits per heavy atom. The van der Waals surface area contributed by atoms with Gasteiger partial charge < -0.3 is 24.6 Å². The first kappa shape index (κ1) is 30.2. The summed E-state index contributed by atoms with van der Waals surface area (Å²) in [6.07, 6.45) is 1.96. The summed E-state index contributed by atoms with van der Waals surface area (Å²) in [5, 5.41) is 11.6. The lowest BCUT2D eigenvalue weighted by Crippen LogP contribution is -2.22. The predicted molar refractivity (Wildman–Crippen MR) is 144 cm³/mol. The van der Waals surface area contributed by atoms with Crippen LogP contribution in [0.2, 0.25) is 0 Å². The van der Waals surface area contributed by atoms with Gasteiger partial charge in [0.2, 0.25) is 0 Å². The summed E-state index contributed by atoms with van der Waals surface area (Å²) in [7, 11) is 0. The molecule has 0 aliphatic carbocycles. The zero-order valence-electron chi connectivity index (χ0n) is 21.8. The second-order valence-electron chi connectivity index (χ2n) is 9.10. The van der Waals surface area contributed by atoms with Crippen LogP contribution in [-0.4, -0.2) is 41.9 Å². The number of anilines is 1. The van der Waals surface area contributed by atoms with Gasteiger partial charge in [0.1, 0.15) is 29.8 Å². The number of rotatable bonds is 7. The first-order chi connectivity index (χ1) is 16.8. The van der Waals surface area contributed by atoms with E-state index in [2.05, 4.69) is 25.1 Å². The van der Waals surface area contributed by atoms with E-state index in [4.69, 9.17) is 19.3 Å². The van der Waals surface area contributed by atoms with E-state index in [0.29, 0.717) is 30.0 Å². The van der Waals surface area contributed by atoms with Crippen LogP contribution >= 0.6 is 0 Å². The Morgan fingerprint density at radius 3 is 2.03 bits per heavy atom. The standard InChI is InChI=1S/C12H16O.C10H11NO2.C7H10O3/c1-5-10-6-8-11(9-7-10)13-12(2,3)4;1-7(2)10(13)11-8-3-5-9(12)6-4-8;1-5(2)7(8)10-4-6-3-9-6/h5-9H,1H2,2-4H3;3-6,12H,1H2,2H3,(H,11,13);6H,1,3-4H2,2H3. The van der Waals surface area contributed by atoms with E-state index in [9.17, 15) is 9.59 Å². The zero-order chi connectivity index (χ0) is 27.3. The van der Waals surface area contributed by atoms with Crippen LogP contribution in [-0.2, 0) is 19.1 Å². The number of carbonyl (C=O) groups excluding carboxylic acids is 2.